The molecule has 0 amide bonds. The van der Waals surface area contributed by atoms with Gasteiger partial charge in [0.1, 0.15) is 0 Å². The first-order valence-electron chi connectivity index (χ1n) is 5.81. The summed E-state index contributed by atoms with van der Waals surface area (Å²) in [6, 6.07) is 19.8. The Kier molecular flexibility index (Phi) is 3.57. The highest BCUT2D eigenvalue weighted by Crippen LogP contribution is 2.27. The second-order valence-corrected chi connectivity index (χ2v) is 4.25. The second kappa shape index (κ2) is 5.13. The minimum Gasteiger partial charge on any atom is -0.344 e. The first kappa shape index (κ1) is 11.8. The molecule has 88 valence electrons. The molecule has 0 bridgehead atoms. The van der Waals surface area contributed by atoms with Gasteiger partial charge in [-0.3, -0.25) is 0 Å². The van der Waals surface area contributed by atoms with Crippen molar-refractivity contribution >= 4 is 0 Å². The van der Waals surface area contributed by atoms with E-state index in [-0.39, 0.29) is 6.15 Å². The number of benzene rings is 2. The monoisotopic (exact) mass is 226 g/mol. The van der Waals surface area contributed by atoms with Gasteiger partial charge in [0.2, 0.25) is 0 Å². The van der Waals surface area contributed by atoms with Crippen LogP contribution in [-0.2, 0) is 6.42 Å². The van der Waals surface area contributed by atoms with Gasteiger partial charge in [0.25, 0.3) is 0 Å². The first-order valence-corrected chi connectivity index (χ1v) is 5.81. The smallest absolute Gasteiger partial charge is 0.0579 e. The van der Waals surface area contributed by atoms with Gasteiger partial charge < -0.3 is 11.5 Å². The fourth-order valence-corrected chi connectivity index (χ4v) is 2.45. The minimum atomic E-state index is 0. The summed E-state index contributed by atoms with van der Waals surface area (Å²) in [5, 5.41) is 3.59. The van der Waals surface area contributed by atoms with Crippen LogP contribution >= 0.6 is 0 Å². The molecule has 2 heteroatoms. The fourth-order valence-electron chi connectivity index (χ4n) is 2.45. The zero-order valence-corrected chi connectivity index (χ0v) is 9.89. The largest absolute Gasteiger partial charge is 0.344 e. The van der Waals surface area contributed by atoms with Crippen molar-refractivity contribution in [1.29, 1.82) is 0 Å². The van der Waals surface area contributed by atoms with E-state index in [1.807, 2.05) is 0 Å². The van der Waals surface area contributed by atoms with Gasteiger partial charge >= 0.3 is 0 Å². The summed E-state index contributed by atoms with van der Waals surface area (Å²) < 4.78 is 0. The third kappa shape index (κ3) is 2.23. The van der Waals surface area contributed by atoms with Gasteiger partial charge in [0, 0.05) is 6.54 Å². The highest BCUT2D eigenvalue weighted by atomic mass is 14.9. The number of hydrogen-bond donors (Lipinski definition) is 2. The van der Waals surface area contributed by atoms with Gasteiger partial charge in [0.15, 0.2) is 0 Å². The highest BCUT2D eigenvalue weighted by Gasteiger charge is 2.19. The molecule has 2 nitrogen and oxygen atoms in total. The lowest BCUT2D eigenvalue weighted by atomic mass is 9.90. The van der Waals surface area contributed by atoms with Crippen LogP contribution in [0.15, 0.2) is 54.6 Å². The molecule has 2 aromatic carbocycles. The van der Waals surface area contributed by atoms with Gasteiger partial charge in [-0.2, -0.15) is 0 Å². The van der Waals surface area contributed by atoms with Crippen LogP contribution in [-0.4, -0.2) is 6.54 Å². The van der Waals surface area contributed by atoms with E-state index in [9.17, 15) is 0 Å². The van der Waals surface area contributed by atoms with Crippen LogP contribution in [0.25, 0.3) is 0 Å². The van der Waals surface area contributed by atoms with Crippen molar-refractivity contribution in [3.63, 3.8) is 0 Å². The van der Waals surface area contributed by atoms with E-state index < -0.39 is 0 Å². The lowest BCUT2D eigenvalue weighted by Crippen LogP contribution is -2.30. The van der Waals surface area contributed by atoms with Crippen LogP contribution in [0.4, 0.5) is 0 Å². The summed E-state index contributed by atoms with van der Waals surface area (Å²) in [5.74, 6) is 0. The normalized spacial score (nSPS) is 18.0. The van der Waals surface area contributed by atoms with Gasteiger partial charge in [-0.1, -0.05) is 54.6 Å². The summed E-state index contributed by atoms with van der Waals surface area (Å²) in [6.45, 7) is 1.07. The molecule has 0 radical (unpaired) electrons. The maximum atomic E-state index is 3.59. The van der Waals surface area contributed by atoms with E-state index in [0.29, 0.717) is 6.04 Å². The van der Waals surface area contributed by atoms with E-state index in [4.69, 9.17) is 0 Å². The second-order valence-electron chi connectivity index (χ2n) is 4.25. The molecule has 1 unspecified atom stereocenters. The first-order chi connectivity index (χ1) is 7.95. The van der Waals surface area contributed by atoms with Crippen molar-refractivity contribution in [3.05, 3.63) is 71.3 Å². The maximum absolute atomic E-state index is 3.59. The van der Waals surface area contributed by atoms with Crippen molar-refractivity contribution in [2.24, 2.45) is 0 Å². The van der Waals surface area contributed by atoms with Gasteiger partial charge in [0.05, 0.1) is 6.04 Å². The van der Waals surface area contributed by atoms with E-state index in [1.165, 1.54) is 16.7 Å². The third-order valence-electron chi connectivity index (χ3n) is 3.24. The molecule has 0 saturated heterocycles. The van der Waals surface area contributed by atoms with E-state index in [2.05, 4.69) is 59.9 Å². The lowest BCUT2D eigenvalue weighted by Gasteiger charge is -2.27. The Morgan fingerprint density at radius 1 is 0.882 bits per heavy atom. The Morgan fingerprint density at radius 2 is 1.59 bits per heavy atom. The molecule has 1 aliphatic rings. The zero-order valence-electron chi connectivity index (χ0n) is 9.89. The Labute approximate surface area is 102 Å². The topological polar surface area (TPSA) is 47.0 Å². The molecular formula is C15H18N2. The van der Waals surface area contributed by atoms with E-state index in [0.717, 1.165) is 13.0 Å². The standard InChI is InChI=1S/C15H15N.H3N/c1-2-7-13(8-3-1)15-14-9-5-4-6-12(14)10-11-16-15;/h1-9,15-16H,10-11H2;1H3. The van der Waals surface area contributed by atoms with Crippen molar-refractivity contribution in [1.82, 2.24) is 11.5 Å². The fraction of sp³-hybridized carbons (Fsp3) is 0.200. The third-order valence-corrected chi connectivity index (χ3v) is 3.24. The Bertz CT molecular complexity index is 479. The molecule has 0 spiro atoms. The minimum absolute atomic E-state index is 0. The lowest BCUT2D eigenvalue weighted by molar-refractivity contribution is 0.568. The van der Waals surface area contributed by atoms with E-state index in [1.54, 1.807) is 0 Å². The Morgan fingerprint density at radius 3 is 2.41 bits per heavy atom. The summed E-state index contributed by atoms with van der Waals surface area (Å²) in [7, 11) is 0. The van der Waals surface area contributed by atoms with Crippen LogP contribution in [0.1, 0.15) is 22.7 Å². The predicted molar refractivity (Wildman–Crippen MR) is 71.5 cm³/mol. The molecule has 0 aliphatic carbocycles. The van der Waals surface area contributed by atoms with Crippen molar-refractivity contribution in [3.8, 4) is 0 Å². The average Bonchev–Trinajstić information content (AvgIpc) is 2.39. The van der Waals surface area contributed by atoms with Gasteiger partial charge in [-0.15, -0.1) is 0 Å². The predicted octanol–water partition coefficient (Wildman–Crippen LogP) is 3.08. The zero-order chi connectivity index (χ0) is 10.8. The quantitative estimate of drug-likeness (QED) is 0.785. The average molecular weight is 226 g/mol. The Balaban J connectivity index is 0.00000108. The molecule has 4 N–H and O–H groups in total. The summed E-state index contributed by atoms with van der Waals surface area (Å²) in [4.78, 5) is 0. The van der Waals surface area contributed by atoms with Crippen LogP contribution in [0.2, 0.25) is 0 Å². The molecule has 0 fully saturated rings. The highest BCUT2D eigenvalue weighted by molar-refractivity contribution is 5.39. The van der Waals surface area contributed by atoms with Crippen LogP contribution in [0.5, 0.6) is 0 Å². The van der Waals surface area contributed by atoms with E-state index >= 15 is 0 Å². The van der Waals surface area contributed by atoms with Crippen LogP contribution in [0, 0.1) is 0 Å². The molecule has 3 rings (SSSR count). The molecule has 0 aromatic heterocycles. The molecule has 17 heavy (non-hydrogen) atoms. The SMILES string of the molecule is N.c1ccc(C2NCCc3ccccc32)cc1. The van der Waals surface area contributed by atoms with Crippen molar-refractivity contribution in [2.75, 3.05) is 6.54 Å². The molecule has 2 aromatic rings. The maximum Gasteiger partial charge on any atom is 0.0579 e. The van der Waals surface area contributed by atoms with Crippen LogP contribution < -0.4 is 11.5 Å². The molecule has 0 saturated carbocycles. The number of hydrogen-bond acceptors (Lipinski definition) is 2. The molecule has 1 aliphatic heterocycles. The summed E-state index contributed by atoms with van der Waals surface area (Å²) >= 11 is 0. The van der Waals surface area contributed by atoms with Gasteiger partial charge in [-0.05, 0) is 23.1 Å². The van der Waals surface area contributed by atoms with Crippen molar-refractivity contribution in [2.45, 2.75) is 12.5 Å². The molecule has 1 atom stereocenters. The van der Waals surface area contributed by atoms with Gasteiger partial charge in [-0.25, -0.2) is 0 Å². The summed E-state index contributed by atoms with van der Waals surface area (Å²) in [6.07, 6.45) is 1.14. The molecular weight excluding hydrogens is 208 g/mol. The van der Waals surface area contributed by atoms with Crippen molar-refractivity contribution < 1.29 is 0 Å². The Hall–Kier alpha value is -1.64. The number of rotatable bonds is 1. The van der Waals surface area contributed by atoms with Crippen LogP contribution in [0.3, 0.4) is 0 Å². The summed E-state index contributed by atoms with van der Waals surface area (Å²) in [5.41, 5.74) is 4.27. The number of nitrogens with one attached hydrogen (secondary N) is 1. The molecule has 1 heterocycles. The number of fused-ring (bicyclic) bond motifs is 1.